The molecule has 0 saturated carbocycles. The molecular formula is C16H12N4O. The second-order valence-electron chi connectivity index (χ2n) is 4.62. The minimum Gasteiger partial charge on any atom is -0.420 e. The van der Waals surface area contributed by atoms with Crippen molar-refractivity contribution in [3.8, 4) is 11.5 Å². The number of rotatable bonds is 3. The fraction of sp³-hybridized carbons (Fsp3) is 0. The highest BCUT2D eigenvalue weighted by atomic mass is 16.4. The Labute approximate surface area is 120 Å². The van der Waals surface area contributed by atoms with E-state index in [1.165, 1.54) is 0 Å². The first kappa shape index (κ1) is 11.7. The Morgan fingerprint density at radius 2 is 1.76 bits per heavy atom. The average Bonchev–Trinajstić information content (AvgIpc) is 3.14. The predicted octanol–water partition coefficient (Wildman–Crippen LogP) is 3.96. The molecule has 0 aliphatic heterocycles. The minimum atomic E-state index is 0.549. The Morgan fingerprint density at radius 1 is 0.952 bits per heavy atom. The Kier molecular flexibility index (Phi) is 2.67. The third kappa shape index (κ3) is 2.25. The number of nitrogens with one attached hydrogen (secondary N) is 2. The van der Waals surface area contributed by atoms with Crippen molar-refractivity contribution in [1.82, 2.24) is 15.0 Å². The lowest BCUT2D eigenvalue weighted by Crippen LogP contribution is -1.89. The van der Waals surface area contributed by atoms with Crippen LogP contribution in [0.2, 0.25) is 0 Å². The molecule has 0 aliphatic carbocycles. The van der Waals surface area contributed by atoms with Crippen LogP contribution in [0.3, 0.4) is 0 Å². The van der Waals surface area contributed by atoms with Gasteiger partial charge in [0.15, 0.2) is 0 Å². The summed E-state index contributed by atoms with van der Waals surface area (Å²) in [6, 6.07) is 17.6. The summed E-state index contributed by atoms with van der Waals surface area (Å²) in [5, 5.41) is 3.09. The Bertz CT molecular complexity index is 846. The molecule has 0 unspecified atom stereocenters. The number of fused-ring (bicyclic) bond motifs is 1. The van der Waals surface area contributed by atoms with Crippen LogP contribution in [-0.4, -0.2) is 15.0 Å². The summed E-state index contributed by atoms with van der Waals surface area (Å²) in [7, 11) is 0. The Balaban J connectivity index is 1.61. The van der Waals surface area contributed by atoms with Crippen LogP contribution in [0.4, 0.5) is 11.8 Å². The normalized spacial score (nSPS) is 10.9. The monoisotopic (exact) mass is 276 g/mol. The number of H-pyrrole nitrogens is 1. The van der Waals surface area contributed by atoms with Crippen LogP contribution in [0, 0.1) is 0 Å². The third-order valence-corrected chi connectivity index (χ3v) is 3.16. The van der Waals surface area contributed by atoms with Gasteiger partial charge in [0.1, 0.15) is 0 Å². The van der Waals surface area contributed by atoms with Gasteiger partial charge in [-0.15, -0.1) is 0 Å². The SMILES string of the molecule is c1ccc(-c2ncc(Nc3nc4ccccc4[nH]3)o2)cc1. The van der Waals surface area contributed by atoms with Gasteiger partial charge in [-0.1, -0.05) is 30.3 Å². The lowest BCUT2D eigenvalue weighted by molar-refractivity contribution is 0.591. The van der Waals surface area contributed by atoms with E-state index >= 15 is 0 Å². The molecule has 4 aromatic rings. The van der Waals surface area contributed by atoms with Crippen LogP contribution in [0.1, 0.15) is 0 Å². The van der Waals surface area contributed by atoms with Crippen molar-refractivity contribution >= 4 is 22.9 Å². The first-order valence-electron chi connectivity index (χ1n) is 6.61. The van der Waals surface area contributed by atoms with Gasteiger partial charge in [-0.3, -0.25) is 5.32 Å². The third-order valence-electron chi connectivity index (χ3n) is 3.16. The van der Waals surface area contributed by atoms with Crippen LogP contribution < -0.4 is 5.32 Å². The van der Waals surface area contributed by atoms with Crippen LogP contribution in [0.15, 0.2) is 65.2 Å². The zero-order valence-corrected chi connectivity index (χ0v) is 11.1. The highest BCUT2D eigenvalue weighted by molar-refractivity contribution is 5.77. The van der Waals surface area contributed by atoms with Crippen molar-refractivity contribution < 1.29 is 4.42 Å². The van der Waals surface area contributed by atoms with Crippen molar-refractivity contribution in [1.29, 1.82) is 0 Å². The first-order valence-corrected chi connectivity index (χ1v) is 6.61. The zero-order valence-electron chi connectivity index (χ0n) is 11.1. The second-order valence-corrected chi connectivity index (χ2v) is 4.62. The molecule has 0 bridgehead atoms. The zero-order chi connectivity index (χ0) is 14.1. The molecule has 0 saturated heterocycles. The summed E-state index contributed by atoms with van der Waals surface area (Å²) in [6.07, 6.45) is 1.65. The smallest absolute Gasteiger partial charge is 0.228 e. The molecule has 0 spiro atoms. The molecule has 5 nitrogen and oxygen atoms in total. The molecule has 5 heteroatoms. The number of benzene rings is 2. The summed E-state index contributed by atoms with van der Waals surface area (Å²) in [5.74, 6) is 1.76. The van der Waals surface area contributed by atoms with E-state index in [-0.39, 0.29) is 0 Å². The van der Waals surface area contributed by atoms with E-state index in [0.29, 0.717) is 17.7 Å². The van der Waals surface area contributed by atoms with Gasteiger partial charge in [-0.25, -0.2) is 9.97 Å². The summed E-state index contributed by atoms with van der Waals surface area (Å²) in [4.78, 5) is 11.9. The fourth-order valence-electron chi connectivity index (χ4n) is 2.17. The van der Waals surface area contributed by atoms with Crippen molar-refractivity contribution in [2.45, 2.75) is 0 Å². The van der Waals surface area contributed by atoms with E-state index in [0.717, 1.165) is 16.6 Å². The Hall–Kier alpha value is -3.08. The number of aromatic nitrogens is 3. The molecule has 4 rings (SSSR count). The van der Waals surface area contributed by atoms with Gasteiger partial charge >= 0.3 is 0 Å². The molecule has 2 aromatic carbocycles. The van der Waals surface area contributed by atoms with Gasteiger partial charge in [-0.05, 0) is 24.3 Å². The van der Waals surface area contributed by atoms with Crippen molar-refractivity contribution in [3.05, 3.63) is 60.8 Å². The van der Waals surface area contributed by atoms with E-state index in [9.17, 15) is 0 Å². The van der Waals surface area contributed by atoms with Gasteiger partial charge in [0, 0.05) is 5.56 Å². The highest BCUT2D eigenvalue weighted by Crippen LogP contribution is 2.23. The van der Waals surface area contributed by atoms with Crippen molar-refractivity contribution in [2.24, 2.45) is 0 Å². The molecule has 0 fully saturated rings. The molecule has 2 N–H and O–H groups in total. The topological polar surface area (TPSA) is 66.7 Å². The number of aromatic amines is 1. The first-order chi connectivity index (χ1) is 10.4. The van der Waals surface area contributed by atoms with Gasteiger partial charge < -0.3 is 9.40 Å². The van der Waals surface area contributed by atoms with Crippen LogP contribution >= 0.6 is 0 Å². The Morgan fingerprint density at radius 3 is 2.62 bits per heavy atom. The van der Waals surface area contributed by atoms with Crippen LogP contribution in [0.25, 0.3) is 22.5 Å². The largest absolute Gasteiger partial charge is 0.420 e. The molecule has 102 valence electrons. The molecule has 0 aliphatic rings. The standard InChI is InChI=1S/C16H12N4O/c1-2-6-11(7-3-1)15-17-10-14(21-15)20-16-18-12-8-4-5-9-13(12)19-16/h1-10H,(H2,18,19,20). The molecule has 2 heterocycles. The van der Waals surface area contributed by atoms with Crippen LogP contribution in [-0.2, 0) is 0 Å². The highest BCUT2D eigenvalue weighted by Gasteiger charge is 2.08. The molecule has 0 amide bonds. The number of hydrogen-bond acceptors (Lipinski definition) is 4. The van der Waals surface area contributed by atoms with E-state index in [2.05, 4.69) is 20.3 Å². The number of nitrogens with zero attached hydrogens (tertiary/aromatic N) is 2. The quantitative estimate of drug-likeness (QED) is 0.594. The van der Waals surface area contributed by atoms with Gasteiger partial charge in [0.05, 0.1) is 17.2 Å². The maximum Gasteiger partial charge on any atom is 0.228 e. The van der Waals surface area contributed by atoms with Crippen LogP contribution in [0.5, 0.6) is 0 Å². The maximum absolute atomic E-state index is 5.69. The number of para-hydroxylation sites is 2. The fourth-order valence-corrected chi connectivity index (χ4v) is 2.17. The van der Waals surface area contributed by atoms with Crippen molar-refractivity contribution in [2.75, 3.05) is 5.32 Å². The summed E-state index contributed by atoms with van der Waals surface area (Å²) in [6.45, 7) is 0. The van der Waals surface area contributed by atoms with Crippen molar-refractivity contribution in [3.63, 3.8) is 0 Å². The van der Waals surface area contributed by atoms with E-state index < -0.39 is 0 Å². The molecule has 0 atom stereocenters. The molecule has 0 radical (unpaired) electrons. The molecular weight excluding hydrogens is 264 g/mol. The summed E-state index contributed by atoms with van der Waals surface area (Å²) < 4.78 is 5.69. The van der Waals surface area contributed by atoms with E-state index in [1.807, 2.05) is 54.6 Å². The number of imidazole rings is 1. The number of oxazole rings is 1. The molecule has 21 heavy (non-hydrogen) atoms. The van der Waals surface area contributed by atoms with E-state index in [1.54, 1.807) is 6.20 Å². The molecule has 2 aromatic heterocycles. The summed E-state index contributed by atoms with van der Waals surface area (Å²) >= 11 is 0. The number of hydrogen-bond donors (Lipinski definition) is 2. The predicted molar refractivity (Wildman–Crippen MR) is 81.3 cm³/mol. The average molecular weight is 276 g/mol. The van der Waals surface area contributed by atoms with Gasteiger partial charge in [0.25, 0.3) is 0 Å². The lowest BCUT2D eigenvalue weighted by Gasteiger charge is -1.96. The maximum atomic E-state index is 5.69. The lowest BCUT2D eigenvalue weighted by atomic mass is 10.2. The summed E-state index contributed by atoms with van der Waals surface area (Å²) in [5.41, 5.74) is 2.82. The van der Waals surface area contributed by atoms with E-state index in [4.69, 9.17) is 4.42 Å². The van der Waals surface area contributed by atoms with Gasteiger partial charge in [0.2, 0.25) is 17.7 Å². The van der Waals surface area contributed by atoms with Gasteiger partial charge in [-0.2, -0.15) is 0 Å². The second kappa shape index (κ2) is 4.79. The number of anilines is 2. The minimum absolute atomic E-state index is 0.549.